The van der Waals surface area contributed by atoms with Crippen molar-refractivity contribution in [3.05, 3.63) is 77.4 Å². The summed E-state index contributed by atoms with van der Waals surface area (Å²) in [6, 6.07) is 21.0. The van der Waals surface area contributed by atoms with Gasteiger partial charge < -0.3 is 24.2 Å². The summed E-state index contributed by atoms with van der Waals surface area (Å²) in [5, 5.41) is 9.30. The molecule has 1 atom stereocenters. The predicted octanol–water partition coefficient (Wildman–Crippen LogP) is 5.63. The van der Waals surface area contributed by atoms with E-state index in [9.17, 15) is 0 Å². The van der Waals surface area contributed by atoms with Crippen LogP contribution in [0.15, 0.2) is 65.6 Å². The Labute approximate surface area is 200 Å². The van der Waals surface area contributed by atoms with Crippen LogP contribution < -0.4 is 19.1 Å². The molecule has 0 saturated carbocycles. The van der Waals surface area contributed by atoms with Crippen molar-refractivity contribution in [3.8, 4) is 17.2 Å². The van der Waals surface area contributed by atoms with E-state index in [0.29, 0.717) is 11.9 Å². The first kappa shape index (κ1) is 23.3. The molecule has 0 aromatic heterocycles. The molecule has 1 heterocycles. The largest absolute Gasteiger partial charge is 0.497 e. The number of hydrogen-bond acceptors (Lipinski definition) is 6. The highest BCUT2D eigenvalue weighted by atomic mass is 32.2. The molecule has 0 amide bonds. The van der Waals surface area contributed by atoms with Crippen LogP contribution in [0.4, 0.5) is 5.69 Å². The minimum atomic E-state index is 0.0162. The van der Waals surface area contributed by atoms with Gasteiger partial charge in [0.15, 0.2) is 0 Å². The van der Waals surface area contributed by atoms with Gasteiger partial charge >= 0.3 is 0 Å². The molecule has 1 aliphatic heterocycles. The van der Waals surface area contributed by atoms with Gasteiger partial charge in [0.25, 0.3) is 0 Å². The molecule has 3 aromatic rings. The molecule has 0 saturated heterocycles. The van der Waals surface area contributed by atoms with E-state index in [-0.39, 0.29) is 6.61 Å². The maximum Gasteiger partial charge on any atom is 0.121 e. The van der Waals surface area contributed by atoms with Crippen molar-refractivity contribution in [2.45, 2.75) is 30.0 Å². The number of aryl methyl sites for hydroxylation is 1. The van der Waals surface area contributed by atoms with Crippen molar-refractivity contribution in [2.75, 3.05) is 38.9 Å². The van der Waals surface area contributed by atoms with Crippen LogP contribution in [0.2, 0.25) is 0 Å². The van der Waals surface area contributed by atoms with Gasteiger partial charge in [-0.05, 0) is 66.4 Å². The quantitative estimate of drug-likeness (QED) is 0.466. The lowest BCUT2D eigenvalue weighted by molar-refractivity contribution is 0.201. The fraction of sp³-hybridized carbons (Fsp3) is 0.333. The standard InChI is InChI=1S/C27H31NO4S/c1-19-16-21(6-11-25(19)31-3)26-12-13-28(24-10-9-23(30-2)17-27(24)33-26)18-20-4-7-22(8-5-20)32-15-14-29/h4-11,16-17,26,29H,12-15,18H2,1-3H3/t26-/m1/s1. The van der Waals surface area contributed by atoms with Gasteiger partial charge in [-0.3, -0.25) is 0 Å². The monoisotopic (exact) mass is 465 g/mol. The summed E-state index contributed by atoms with van der Waals surface area (Å²) < 4.78 is 16.5. The van der Waals surface area contributed by atoms with E-state index < -0.39 is 0 Å². The van der Waals surface area contributed by atoms with Crippen molar-refractivity contribution in [2.24, 2.45) is 0 Å². The summed E-state index contributed by atoms with van der Waals surface area (Å²) in [4.78, 5) is 3.68. The van der Waals surface area contributed by atoms with Gasteiger partial charge in [-0.1, -0.05) is 24.3 Å². The van der Waals surface area contributed by atoms with Crippen LogP contribution in [0, 0.1) is 6.92 Å². The Hall–Kier alpha value is -2.83. The molecule has 0 fully saturated rings. The Kier molecular flexibility index (Phi) is 7.68. The van der Waals surface area contributed by atoms with Crippen molar-refractivity contribution in [1.82, 2.24) is 0 Å². The minimum Gasteiger partial charge on any atom is -0.497 e. The number of thioether (sulfide) groups is 1. The lowest BCUT2D eigenvalue weighted by Gasteiger charge is -2.25. The molecule has 0 unspecified atom stereocenters. The fourth-order valence-corrected chi connectivity index (χ4v) is 5.47. The second-order valence-corrected chi connectivity index (χ2v) is 9.34. The molecule has 1 aliphatic rings. The van der Waals surface area contributed by atoms with Crippen LogP contribution in [0.25, 0.3) is 0 Å². The molecular formula is C27H31NO4S. The highest BCUT2D eigenvalue weighted by Crippen LogP contribution is 2.47. The minimum absolute atomic E-state index is 0.0162. The lowest BCUT2D eigenvalue weighted by atomic mass is 10.1. The number of fused-ring (bicyclic) bond motifs is 1. The van der Waals surface area contributed by atoms with Crippen LogP contribution in [0.1, 0.15) is 28.4 Å². The van der Waals surface area contributed by atoms with Crippen LogP contribution in [0.3, 0.4) is 0 Å². The summed E-state index contributed by atoms with van der Waals surface area (Å²) in [6.07, 6.45) is 1.03. The Bertz CT molecular complexity index is 1070. The first-order valence-corrected chi connectivity index (χ1v) is 12.1. The van der Waals surface area contributed by atoms with Crippen molar-refractivity contribution in [1.29, 1.82) is 0 Å². The van der Waals surface area contributed by atoms with Crippen molar-refractivity contribution in [3.63, 3.8) is 0 Å². The molecule has 0 aliphatic carbocycles. The molecule has 174 valence electrons. The zero-order valence-electron chi connectivity index (χ0n) is 19.4. The Morgan fingerprint density at radius 3 is 2.45 bits per heavy atom. The summed E-state index contributed by atoms with van der Waals surface area (Å²) in [6.45, 7) is 4.19. The SMILES string of the molecule is COc1ccc2c(c1)S[C@@H](c1ccc(OC)c(C)c1)CCN2Cc1ccc(OCCO)cc1. The molecule has 0 spiro atoms. The van der Waals surface area contributed by atoms with Gasteiger partial charge in [0.1, 0.15) is 23.9 Å². The van der Waals surface area contributed by atoms with Crippen LogP contribution >= 0.6 is 11.8 Å². The second-order valence-electron chi connectivity index (χ2n) is 8.10. The number of aliphatic hydroxyl groups is 1. The average Bonchev–Trinajstić information content (AvgIpc) is 3.02. The molecule has 0 bridgehead atoms. The Morgan fingerprint density at radius 2 is 1.76 bits per heavy atom. The third-order valence-electron chi connectivity index (χ3n) is 5.89. The Morgan fingerprint density at radius 1 is 0.970 bits per heavy atom. The maximum absolute atomic E-state index is 8.95. The van der Waals surface area contributed by atoms with Crippen molar-refractivity contribution >= 4 is 17.4 Å². The second kappa shape index (κ2) is 10.9. The molecule has 3 aromatic carbocycles. The van der Waals surface area contributed by atoms with Gasteiger partial charge in [-0.25, -0.2) is 0 Å². The van der Waals surface area contributed by atoms with E-state index in [0.717, 1.165) is 42.3 Å². The maximum atomic E-state index is 8.95. The van der Waals surface area contributed by atoms with E-state index in [1.165, 1.54) is 21.7 Å². The zero-order valence-corrected chi connectivity index (χ0v) is 20.2. The fourth-order valence-electron chi connectivity index (χ4n) is 4.16. The van der Waals surface area contributed by atoms with Gasteiger partial charge in [0, 0.05) is 23.2 Å². The van der Waals surface area contributed by atoms with E-state index in [4.69, 9.17) is 19.3 Å². The lowest BCUT2D eigenvalue weighted by Crippen LogP contribution is -2.24. The number of aliphatic hydroxyl groups excluding tert-OH is 1. The van der Waals surface area contributed by atoms with Gasteiger partial charge in [0.05, 0.1) is 26.5 Å². The number of methoxy groups -OCH3 is 2. The topological polar surface area (TPSA) is 51.2 Å². The van der Waals surface area contributed by atoms with Crippen LogP contribution in [-0.2, 0) is 6.54 Å². The number of hydrogen-bond donors (Lipinski definition) is 1. The summed E-state index contributed by atoms with van der Waals surface area (Å²) >= 11 is 1.90. The smallest absolute Gasteiger partial charge is 0.121 e. The molecule has 33 heavy (non-hydrogen) atoms. The van der Waals surface area contributed by atoms with Crippen LogP contribution in [-0.4, -0.2) is 39.1 Å². The molecular weight excluding hydrogens is 434 g/mol. The van der Waals surface area contributed by atoms with Gasteiger partial charge in [-0.15, -0.1) is 11.8 Å². The first-order valence-electron chi connectivity index (χ1n) is 11.2. The van der Waals surface area contributed by atoms with Gasteiger partial charge in [-0.2, -0.15) is 0 Å². The average molecular weight is 466 g/mol. The van der Waals surface area contributed by atoms with Crippen LogP contribution in [0.5, 0.6) is 17.2 Å². The zero-order chi connectivity index (χ0) is 23.2. The molecule has 6 heteroatoms. The number of rotatable bonds is 8. The number of ether oxygens (including phenoxy) is 3. The van der Waals surface area contributed by atoms with E-state index in [1.807, 2.05) is 30.0 Å². The summed E-state index contributed by atoms with van der Waals surface area (Å²) in [5.74, 6) is 2.57. The van der Waals surface area contributed by atoms with Gasteiger partial charge in [0.2, 0.25) is 0 Å². The number of anilines is 1. The predicted molar refractivity (Wildman–Crippen MR) is 134 cm³/mol. The molecule has 1 N–H and O–H groups in total. The highest BCUT2D eigenvalue weighted by Gasteiger charge is 2.24. The third kappa shape index (κ3) is 5.57. The van der Waals surface area contributed by atoms with E-state index >= 15 is 0 Å². The molecule has 5 nitrogen and oxygen atoms in total. The number of benzene rings is 3. The van der Waals surface area contributed by atoms with E-state index in [1.54, 1.807) is 14.2 Å². The highest BCUT2D eigenvalue weighted by molar-refractivity contribution is 7.99. The summed E-state index contributed by atoms with van der Waals surface area (Å²) in [5.41, 5.74) is 4.93. The Balaban J connectivity index is 1.59. The van der Waals surface area contributed by atoms with Crippen molar-refractivity contribution < 1.29 is 19.3 Å². The summed E-state index contributed by atoms with van der Waals surface area (Å²) in [7, 11) is 3.43. The third-order valence-corrected chi connectivity index (χ3v) is 7.26. The molecule has 0 radical (unpaired) electrons. The van der Waals surface area contributed by atoms with E-state index in [2.05, 4.69) is 54.3 Å². The molecule has 4 rings (SSSR count). The normalized spacial score (nSPS) is 15.5. The first-order chi connectivity index (χ1) is 16.1. The number of nitrogens with zero attached hydrogens (tertiary/aromatic N) is 1.